The third-order valence-electron chi connectivity index (χ3n) is 4.14. The van der Waals surface area contributed by atoms with Crippen molar-refractivity contribution >= 4 is 44.8 Å². The minimum atomic E-state index is -3.70. The number of carbonyl (C=O) groups excluding carboxylic acids is 1. The normalized spacial score (nSPS) is 12.7. The summed E-state index contributed by atoms with van der Waals surface area (Å²) in [7, 11) is -2.12. The predicted octanol–water partition coefficient (Wildman–Crippen LogP) is 1.79. The number of benzene rings is 1. The van der Waals surface area contributed by atoms with Gasteiger partial charge in [-0.05, 0) is 32.9 Å². The van der Waals surface area contributed by atoms with E-state index in [0.29, 0.717) is 11.5 Å². The first kappa shape index (κ1) is 22.3. The van der Waals surface area contributed by atoms with E-state index in [9.17, 15) is 18.0 Å². The topological polar surface area (TPSA) is 106 Å². The lowest BCUT2D eigenvalue weighted by Crippen LogP contribution is -2.44. The number of sulfonamides is 1. The molecule has 0 radical (unpaired) electrons. The fraction of sp³-hybridized carbons (Fsp3) is 0.438. The van der Waals surface area contributed by atoms with Gasteiger partial charge >= 0.3 is 5.69 Å². The molecule has 0 aliphatic carbocycles. The minimum Gasteiger partial charge on any atom is -0.373 e. The van der Waals surface area contributed by atoms with Gasteiger partial charge in [-0.3, -0.25) is 9.36 Å². The molecule has 0 saturated heterocycles. The number of hydrogen-bond donors (Lipinski definition) is 1. The van der Waals surface area contributed by atoms with Gasteiger partial charge in [-0.25, -0.2) is 17.5 Å². The molecule has 0 aliphatic rings. The summed E-state index contributed by atoms with van der Waals surface area (Å²) in [4.78, 5) is 24.8. The Hall–Kier alpha value is -2.04. The van der Waals surface area contributed by atoms with E-state index in [-0.39, 0.29) is 22.3 Å². The second-order valence-electron chi connectivity index (χ2n) is 6.22. The van der Waals surface area contributed by atoms with Crippen molar-refractivity contribution in [3.63, 3.8) is 0 Å². The number of rotatable bonds is 6. The van der Waals surface area contributed by atoms with Crippen LogP contribution in [0.5, 0.6) is 0 Å². The molecule has 28 heavy (non-hydrogen) atoms. The van der Waals surface area contributed by atoms with Crippen LogP contribution in [0.1, 0.15) is 19.7 Å². The maximum atomic E-state index is 12.5. The Balaban J connectivity index is 2.43. The van der Waals surface area contributed by atoms with Crippen molar-refractivity contribution in [1.82, 2.24) is 18.7 Å². The largest absolute Gasteiger partial charge is 0.373 e. The van der Waals surface area contributed by atoms with Crippen molar-refractivity contribution in [3.8, 4) is 5.69 Å². The summed E-state index contributed by atoms with van der Waals surface area (Å²) in [6.07, 6.45) is 0.963. The van der Waals surface area contributed by atoms with Crippen LogP contribution in [0.3, 0.4) is 0 Å². The molecule has 1 aromatic heterocycles. The zero-order chi connectivity index (χ0) is 21.4. The van der Waals surface area contributed by atoms with Crippen molar-refractivity contribution in [3.05, 3.63) is 38.5 Å². The molecule has 2 aromatic rings. The molecule has 0 aliphatic heterocycles. The van der Waals surface area contributed by atoms with E-state index in [1.54, 1.807) is 20.9 Å². The number of aryl methyl sites for hydroxylation is 1. The first-order chi connectivity index (χ1) is 12.9. The lowest BCUT2D eigenvalue weighted by Gasteiger charge is -2.24. The van der Waals surface area contributed by atoms with E-state index < -0.39 is 27.7 Å². The molecule has 1 atom stereocenters. The van der Waals surface area contributed by atoms with Crippen LogP contribution in [0.2, 0.25) is 10.0 Å². The summed E-state index contributed by atoms with van der Waals surface area (Å²) in [6.45, 7) is 4.75. The van der Waals surface area contributed by atoms with Gasteiger partial charge in [0.1, 0.15) is 11.9 Å². The number of hydrogen-bond acceptors (Lipinski definition) is 6. The van der Waals surface area contributed by atoms with E-state index >= 15 is 0 Å². The van der Waals surface area contributed by atoms with Crippen LogP contribution in [-0.2, 0) is 21.9 Å². The number of nitrogens with one attached hydrogen (secondary N) is 1. The van der Waals surface area contributed by atoms with Gasteiger partial charge in [0.15, 0.2) is 0 Å². The van der Waals surface area contributed by atoms with Crippen LogP contribution in [0.25, 0.3) is 5.69 Å². The van der Waals surface area contributed by atoms with Crippen molar-refractivity contribution in [2.24, 2.45) is 7.05 Å². The van der Waals surface area contributed by atoms with Crippen molar-refractivity contribution in [2.45, 2.75) is 26.8 Å². The number of nitrogens with zero attached hydrogens (tertiary/aromatic N) is 4. The molecule has 0 bridgehead atoms. The smallest absolute Gasteiger partial charge is 0.350 e. The molecule has 1 heterocycles. The Bertz CT molecular complexity index is 1080. The molecular formula is C16H21Cl2N5O4S. The minimum absolute atomic E-state index is 0.00585. The van der Waals surface area contributed by atoms with Gasteiger partial charge in [0.25, 0.3) is 5.91 Å². The van der Waals surface area contributed by atoms with E-state index in [1.165, 1.54) is 23.6 Å². The fourth-order valence-electron chi connectivity index (χ4n) is 2.57. The SMILES string of the molecule is CCN(C(=O)C(C)Nc1cc(-n2nc(C)n(C)c2=O)c(Cl)cc1Cl)S(C)(=O)=O. The molecule has 154 valence electrons. The highest BCUT2D eigenvalue weighted by molar-refractivity contribution is 7.88. The first-order valence-electron chi connectivity index (χ1n) is 8.28. The fourth-order valence-corrected chi connectivity index (χ4v) is 4.04. The summed E-state index contributed by atoms with van der Waals surface area (Å²) in [5, 5.41) is 7.44. The lowest BCUT2D eigenvalue weighted by molar-refractivity contribution is -0.126. The Kier molecular flexibility index (Phi) is 6.47. The number of aromatic nitrogens is 3. The molecular weight excluding hydrogens is 429 g/mol. The summed E-state index contributed by atoms with van der Waals surface area (Å²) in [5.74, 6) is -0.149. The molecule has 1 unspecified atom stereocenters. The average Bonchev–Trinajstić information content (AvgIpc) is 2.83. The van der Waals surface area contributed by atoms with Gasteiger partial charge < -0.3 is 5.32 Å². The number of likely N-dealkylation sites (N-methyl/N-ethyl adjacent to an activating group) is 1. The highest BCUT2D eigenvalue weighted by Gasteiger charge is 2.27. The molecule has 2 rings (SSSR count). The second kappa shape index (κ2) is 8.14. The van der Waals surface area contributed by atoms with Gasteiger partial charge in [-0.1, -0.05) is 23.2 Å². The van der Waals surface area contributed by atoms with E-state index in [2.05, 4.69) is 10.4 Å². The molecule has 12 heteroatoms. The van der Waals surface area contributed by atoms with Crippen LogP contribution in [-0.4, -0.2) is 51.8 Å². The number of anilines is 1. The van der Waals surface area contributed by atoms with Gasteiger partial charge in [0.05, 0.1) is 27.7 Å². The highest BCUT2D eigenvalue weighted by Crippen LogP contribution is 2.31. The molecule has 0 fully saturated rings. The number of amides is 1. The monoisotopic (exact) mass is 449 g/mol. The van der Waals surface area contributed by atoms with Crippen LogP contribution in [0.15, 0.2) is 16.9 Å². The standard InChI is InChI=1S/C16H21Cl2N5O4S/c1-6-22(28(5,26)27)15(24)9(2)19-13-8-14(12(18)7-11(13)17)23-16(25)21(4)10(3)20-23/h7-9,19H,6H2,1-5H3. The van der Waals surface area contributed by atoms with Crippen LogP contribution in [0.4, 0.5) is 5.69 Å². The zero-order valence-electron chi connectivity index (χ0n) is 16.0. The first-order valence-corrected chi connectivity index (χ1v) is 10.9. The van der Waals surface area contributed by atoms with Crippen molar-refractivity contribution in [2.75, 3.05) is 18.1 Å². The molecule has 0 saturated carbocycles. The van der Waals surface area contributed by atoms with Gasteiger partial charge in [0.2, 0.25) is 10.0 Å². The Morgan fingerprint density at radius 3 is 2.39 bits per heavy atom. The maximum Gasteiger partial charge on any atom is 0.350 e. The summed E-state index contributed by atoms with van der Waals surface area (Å²) >= 11 is 12.4. The van der Waals surface area contributed by atoms with Crippen LogP contribution in [0, 0.1) is 6.92 Å². The Labute approximate surface area is 172 Å². The van der Waals surface area contributed by atoms with Crippen LogP contribution >= 0.6 is 23.2 Å². The molecule has 9 nitrogen and oxygen atoms in total. The van der Waals surface area contributed by atoms with Crippen molar-refractivity contribution < 1.29 is 13.2 Å². The van der Waals surface area contributed by atoms with E-state index in [0.717, 1.165) is 15.2 Å². The van der Waals surface area contributed by atoms with Gasteiger partial charge in [-0.2, -0.15) is 9.78 Å². The predicted molar refractivity (Wildman–Crippen MR) is 109 cm³/mol. The van der Waals surface area contributed by atoms with Gasteiger partial charge in [-0.15, -0.1) is 0 Å². The Morgan fingerprint density at radius 2 is 1.93 bits per heavy atom. The van der Waals surface area contributed by atoms with E-state index in [1.807, 2.05) is 0 Å². The quantitative estimate of drug-likeness (QED) is 0.720. The molecule has 1 N–H and O–H groups in total. The molecule has 1 amide bonds. The van der Waals surface area contributed by atoms with Crippen molar-refractivity contribution in [1.29, 1.82) is 0 Å². The summed E-state index contributed by atoms with van der Waals surface area (Å²) < 4.78 is 26.8. The van der Waals surface area contributed by atoms with Gasteiger partial charge in [0, 0.05) is 13.6 Å². The number of halogens is 2. The van der Waals surface area contributed by atoms with Crippen LogP contribution < -0.4 is 11.0 Å². The third-order valence-corrected chi connectivity index (χ3v) is 5.99. The zero-order valence-corrected chi connectivity index (χ0v) is 18.4. The lowest BCUT2D eigenvalue weighted by atomic mass is 10.2. The summed E-state index contributed by atoms with van der Waals surface area (Å²) in [5.41, 5.74) is 0.185. The molecule has 0 spiro atoms. The third kappa shape index (κ3) is 4.34. The van der Waals surface area contributed by atoms with E-state index in [4.69, 9.17) is 23.2 Å². The second-order valence-corrected chi connectivity index (χ2v) is 8.94. The maximum absolute atomic E-state index is 12.5. The average molecular weight is 450 g/mol. The highest BCUT2D eigenvalue weighted by atomic mass is 35.5. The number of carbonyl (C=O) groups is 1. The molecule has 1 aromatic carbocycles. The summed E-state index contributed by atoms with van der Waals surface area (Å²) in [6, 6.07) is 2.00. The Morgan fingerprint density at radius 1 is 1.32 bits per heavy atom.